The summed E-state index contributed by atoms with van der Waals surface area (Å²) in [6.45, 7) is 7.05. The quantitative estimate of drug-likeness (QED) is 0.475. The Hall–Kier alpha value is -1.68. The normalized spacial score (nSPS) is 11.7. The summed E-state index contributed by atoms with van der Waals surface area (Å²) in [6, 6.07) is 3.13. The molecule has 0 saturated carbocycles. The van der Waals surface area contributed by atoms with Gasteiger partial charge in [-0.25, -0.2) is 4.79 Å². The predicted molar refractivity (Wildman–Crippen MR) is 63.2 cm³/mol. The minimum Gasteiger partial charge on any atom is -0.452 e. The molecule has 0 spiro atoms. The number of carbonyl (C=O) groups excluding carboxylic acids is 1. The number of fused-ring (bicyclic) bond motifs is 1. The molecule has 0 bridgehead atoms. The van der Waals surface area contributed by atoms with Gasteiger partial charge in [-0.3, -0.25) is 9.15 Å². The van der Waals surface area contributed by atoms with Gasteiger partial charge in [-0.15, -0.1) is 0 Å². The molecule has 0 aliphatic carbocycles. The molecule has 0 amide bonds. The number of halogens is 1. The van der Waals surface area contributed by atoms with E-state index in [2.05, 4.69) is 11.2 Å². The molecule has 0 radical (unpaired) electrons. The standard InChI is InChI=1S/C12H11ClO4/c1-4-12(2,3)15-11(14)7-5-6-8-10(9(7)13)17-16-8/h4-6H,1H2,2-3H3. The molecule has 0 atom stereocenters. The average molecular weight is 255 g/mol. The van der Waals surface area contributed by atoms with Gasteiger partial charge >= 0.3 is 5.97 Å². The summed E-state index contributed by atoms with van der Waals surface area (Å²) in [6.07, 6.45) is 1.54. The lowest BCUT2D eigenvalue weighted by atomic mass is 10.1. The number of esters is 1. The molecule has 1 heterocycles. The molecular formula is C12H11ClO4. The summed E-state index contributed by atoms with van der Waals surface area (Å²) < 4.78 is 14.6. The van der Waals surface area contributed by atoms with Gasteiger partial charge in [0.1, 0.15) is 10.6 Å². The van der Waals surface area contributed by atoms with Crippen LogP contribution >= 0.6 is 11.6 Å². The highest BCUT2D eigenvalue weighted by Gasteiger charge is 2.24. The Morgan fingerprint density at radius 1 is 1.47 bits per heavy atom. The first-order valence-electron chi connectivity index (χ1n) is 4.98. The van der Waals surface area contributed by atoms with Crippen LogP contribution < -0.4 is 0 Å². The molecule has 1 aromatic carbocycles. The summed E-state index contributed by atoms with van der Waals surface area (Å²) in [7, 11) is 0. The van der Waals surface area contributed by atoms with Crippen molar-refractivity contribution in [2.75, 3.05) is 0 Å². The molecule has 0 fully saturated rings. The minimum absolute atomic E-state index is 0.193. The number of carbonyl (C=O) groups is 1. The highest BCUT2D eigenvalue weighted by atomic mass is 35.5. The van der Waals surface area contributed by atoms with Gasteiger partial charge in [-0.1, -0.05) is 18.2 Å². The van der Waals surface area contributed by atoms with E-state index in [1.807, 2.05) is 0 Å². The van der Waals surface area contributed by atoms with E-state index in [0.29, 0.717) is 11.2 Å². The fourth-order valence-electron chi connectivity index (χ4n) is 1.23. The molecule has 0 unspecified atom stereocenters. The van der Waals surface area contributed by atoms with Crippen molar-refractivity contribution in [3.8, 4) is 0 Å². The zero-order chi connectivity index (χ0) is 12.6. The molecule has 0 N–H and O–H groups in total. The largest absolute Gasteiger partial charge is 0.452 e. The Kier molecular flexibility index (Phi) is 2.75. The fraction of sp³-hybridized carbons (Fsp3) is 0.250. The first kappa shape index (κ1) is 11.8. The van der Waals surface area contributed by atoms with Gasteiger partial charge in [0.15, 0.2) is 0 Å². The Morgan fingerprint density at radius 2 is 2.18 bits per heavy atom. The van der Waals surface area contributed by atoms with E-state index in [9.17, 15) is 4.79 Å². The maximum atomic E-state index is 11.9. The Labute approximate surface area is 103 Å². The summed E-state index contributed by atoms with van der Waals surface area (Å²) in [5.41, 5.74) is 0.358. The molecule has 2 rings (SSSR count). The zero-order valence-electron chi connectivity index (χ0n) is 9.45. The van der Waals surface area contributed by atoms with Crippen molar-refractivity contribution in [1.29, 1.82) is 0 Å². The first-order chi connectivity index (χ1) is 7.94. The van der Waals surface area contributed by atoms with Crippen LogP contribution in [0.1, 0.15) is 24.2 Å². The van der Waals surface area contributed by atoms with Crippen LogP contribution in [-0.4, -0.2) is 11.6 Å². The van der Waals surface area contributed by atoms with Crippen LogP contribution in [0.2, 0.25) is 5.02 Å². The Bertz CT molecular complexity index is 576. The summed E-state index contributed by atoms with van der Waals surface area (Å²) >= 11 is 5.98. The molecule has 0 aliphatic heterocycles. The molecule has 5 heteroatoms. The van der Waals surface area contributed by atoms with E-state index in [1.165, 1.54) is 6.07 Å². The molecule has 90 valence electrons. The van der Waals surface area contributed by atoms with E-state index in [-0.39, 0.29) is 10.6 Å². The van der Waals surface area contributed by atoms with E-state index >= 15 is 0 Å². The van der Waals surface area contributed by atoms with Gasteiger partial charge in [0.2, 0.25) is 11.2 Å². The monoisotopic (exact) mass is 254 g/mol. The lowest BCUT2D eigenvalue weighted by molar-refractivity contribution is 0.0173. The van der Waals surface area contributed by atoms with Crippen LogP contribution in [0.4, 0.5) is 0 Å². The van der Waals surface area contributed by atoms with Crippen LogP contribution in [0.3, 0.4) is 0 Å². The number of hydrogen-bond acceptors (Lipinski definition) is 4. The topological polar surface area (TPSA) is 52.6 Å². The van der Waals surface area contributed by atoms with E-state index in [1.54, 1.807) is 26.0 Å². The van der Waals surface area contributed by atoms with Crippen molar-refractivity contribution in [2.45, 2.75) is 19.4 Å². The lowest BCUT2D eigenvalue weighted by Gasteiger charge is -2.21. The van der Waals surface area contributed by atoms with Gasteiger partial charge in [-0.2, -0.15) is 0 Å². The second-order valence-corrected chi connectivity index (χ2v) is 4.50. The second kappa shape index (κ2) is 3.96. The molecule has 17 heavy (non-hydrogen) atoms. The van der Waals surface area contributed by atoms with Gasteiger partial charge < -0.3 is 4.74 Å². The summed E-state index contributed by atoms with van der Waals surface area (Å²) in [5, 5.41) is 0.193. The van der Waals surface area contributed by atoms with Crippen molar-refractivity contribution in [2.24, 2.45) is 0 Å². The van der Waals surface area contributed by atoms with Crippen molar-refractivity contribution >= 4 is 28.7 Å². The van der Waals surface area contributed by atoms with Gasteiger partial charge in [0.25, 0.3) is 0 Å². The van der Waals surface area contributed by atoms with Gasteiger partial charge in [0.05, 0.1) is 5.56 Å². The first-order valence-corrected chi connectivity index (χ1v) is 5.36. The van der Waals surface area contributed by atoms with E-state index in [0.717, 1.165) is 0 Å². The van der Waals surface area contributed by atoms with Crippen LogP contribution in [0.25, 0.3) is 11.2 Å². The van der Waals surface area contributed by atoms with Crippen LogP contribution in [0.5, 0.6) is 0 Å². The number of rotatable bonds is 3. The van der Waals surface area contributed by atoms with Crippen LogP contribution in [0.15, 0.2) is 33.9 Å². The van der Waals surface area contributed by atoms with E-state index in [4.69, 9.17) is 20.9 Å². The summed E-state index contributed by atoms with van der Waals surface area (Å²) in [5.74, 6) is -0.529. The molecule has 2 aromatic rings. The minimum atomic E-state index is -0.749. The average Bonchev–Trinajstić information content (AvgIpc) is 2.20. The van der Waals surface area contributed by atoms with Crippen molar-refractivity contribution in [3.63, 3.8) is 0 Å². The van der Waals surface area contributed by atoms with Crippen LogP contribution in [-0.2, 0) is 4.74 Å². The van der Waals surface area contributed by atoms with Crippen molar-refractivity contribution in [3.05, 3.63) is 35.4 Å². The molecular weight excluding hydrogens is 244 g/mol. The third-order valence-corrected chi connectivity index (χ3v) is 2.72. The Balaban J connectivity index is 2.31. The third-order valence-electron chi connectivity index (χ3n) is 2.34. The third kappa shape index (κ3) is 2.08. The SMILES string of the molecule is C=CC(C)(C)OC(=O)c1ccc2ooc2c1Cl. The number of ether oxygens (including phenoxy) is 1. The number of benzene rings is 1. The maximum Gasteiger partial charge on any atom is 0.340 e. The molecule has 4 nitrogen and oxygen atoms in total. The van der Waals surface area contributed by atoms with Crippen molar-refractivity contribution < 1.29 is 18.7 Å². The second-order valence-electron chi connectivity index (χ2n) is 4.12. The van der Waals surface area contributed by atoms with Gasteiger partial charge in [0, 0.05) is 0 Å². The highest BCUT2D eigenvalue weighted by Crippen LogP contribution is 2.31. The fourth-order valence-corrected chi connectivity index (χ4v) is 1.49. The zero-order valence-corrected chi connectivity index (χ0v) is 10.2. The van der Waals surface area contributed by atoms with Crippen molar-refractivity contribution in [1.82, 2.24) is 0 Å². The maximum absolute atomic E-state index is 11.9. The lowest BCUT2D eigenvalue weighted by Crippen LogP contribution is -2.25. The molecule has 0 saturated heterocycles. The van der Waals surface area contributed by atoms with E-state index < -0.39 is 11.6 Å². The Morgan fingerprint density at radius 3 is 2.71 bits per heavy atom. The molecule has 1 aromatic heterocycles. The predicted octanol–water partition coefficient (Wildman–Crippen LogP) is 3.80. The highest BCUT2D eigenvalue weighted by molar-refractivity contribution is 6.37. The molecule has 0 aliphatic rings. The van der Waals surface area contributed by atoms with Crippen LogP contribution in [0, 0.1) is 0 Å². The number of hydrogen-bond donors (Lipinski definition) is 0. The summed E-state index contributed by atoms with van der Waals surface area (Å²) in [4.78, 5) is 11.9. The smallest absolute Gasteiger partial charge is 0.340 e. The van der Waals surface area contributed by atoms with Gasteiger partial charge in [-0.05, 0) is 32.1 Å².